The second-order valence-corrected chi connectivity index (χ2v) is 10.5. The molecule has 1 saturated carbocycles. The molecule has 2 heteroatoms. The quantitative estimate of drug-likeness (QED) is 0.308. The van der Waals surface area contributed by atoms with Crippen molar-refractivity contribution in [1.82, 2.24) is 4.90 Å². The van der Waals surface area contributed by atoms with Crippen LogP contribution in [0.15, 0.2) is 54.1 Å². The maximum absolute atomic E-state index is 2.72. The first-order valence-electron chi connectivity index (χ1n) is 13.7. The number of hydrogen-bond donors (Lipinski definition) is 0. The number of unbranched alkanes of at least 4 members (excludes halogenated alkanes) is 3. The molecule has 0 bridgehead atoms. The number of rotatable bonds is 7. The van der Waals surface area contributed by atoms with Crippen LogP contribution in [0.3, 0.4) is 0 Å². The Kier molecular flexibility index (Phi) is 9.48. The summed E-state index contributed by atoms with van der Waals surface area (Å²) in [6, 6.07) is 17.9. The lowest BCUT2D eigenvalue weighted by Gasteiger charge is -2.30. The Hall–Kier alpha value is -1.83. The monoisotopic (exact) mass is 475 g/mol. The van der Waals surface area contributed by atoms with Gasteiger partial charge < -0.3 is 4.90 Å². The van der Waals surface area contributed by atoms with Crippen LogP contribution in [0.4, 0.5) is 0 Å². The summed E-state index contributed by atoms with van der Waals surface area (Å²) in [5.74, 6) is 1.06. The van der Waals surface area contributed by atoms with Gasteiger partial charge in [-0.15, -0.1) is 12.4 Å². The molecule has 5 rings (SSSR count). The number of halogens is 1. The standard InChI is InChI=1S/C32H41N.ClH/c1(4-12-26-13-5-3-6-14-26)2-11-23-33-24-21-29(22-25-33)32-30-17-9-7-15-27(30)19-20-28-16-8-10-18-31(28)32;/h7-10,15-20,26H,1-6,11-14,21-25H2;1H. The van der Waals surface area contributed by atoms with Crippen LogP contribution < -0.4 is 0 Å². The van der Waals surface area contributed by atoms with Gasteiger partial charge in [0.15, 0.2) is 0 Å². The third kappa shape index (κ3) is 6.23. The van der Waals surface area contributed by atoms with E-state index < -0.39 is 0 Å². The van der Waals surface area contributed by atoms with Gasteiger partial charge in [-0.25, -0.2) is 0 Å². The van der Waals surface area contributed by atoms with Gasteiger partial charge in [0.05, 0.1) is 0 Å². The van der Waals surface area contributed by atoms with E-state index in [-0.39, 0.29) is 12.4 Å². The first-order chi connectivity index (χ1) is 16.4. The zero-order chi connectivity index (χ0) is 22.3. The molecule has 2 aromatic rings. The van der Waals surface area contributed by atoms with E-state index in [1.165, 1.54) is 125 Å². The molecule has 1 heterocycles. The average molecular weight is 476 g/mol. The lowest BCUT2D eigenvalue weighted by Crippen LogP contribution is -2.32. The fourth-order valence-electron chi connectivity index (χ4n) is 6.34. The van der Waals surface area contributed by atoms with Crippen molar-refractivity contribution in [3.05, 3.63) is 76.4 Å². The van der Waals surface area contributed by atoms with Crippen molar-refractivity contribution < 1.29 is 0 Å². The van der Waals surface area contributed by atoms with Gasteiger partial charge in [-0.3, -0.25) is 0 Å². The molecule has 0 unspecified atom stereocenters. The number of nitrogens with zero attached hydrogens (tertiary/aromatic N) is 1. The van der Waals surface area contributed by atoms with Gasteiger partial charge in [-0.05, 0) is 59.6 Å². The maximum Gasteiger partial charge on any atom is 0.00190 e. The molecule has 0 N–H and O–H groups in total. The van der Waals surface area contributed by atoms with Crippen molar-refractivity contribution in [3.63, 3.8) is 0 Å². The molecule has 2 aliphatic carbocycles. The number of fused-ring (bicyclic) bond motifs is 2. The summed E-state index contributed by atoms with van der Waals surface area (Å²) < 4.78 is 0. The minimum atomic E-state index is 0. The van der Waals surface area contributed by atoms with E-state index in [2.05, 4.69) is 65.6 Å². The largest absolute Gasteiger partial charge is 0.303 e. The first kappa shape index (κ1) is 25.3. The number of hydrogen-bond acceptors (Lipinski definition) is 1. The smallest absolute Gasteiger partial charge is 0.00190 e. The predicted molar refractivity (Wildman–Crippen MR) is 150 cm³/mol. The Bertz CT molecular complexity index is 921. The van der Waals surface area contributed by atoms with Crippen LogP contribution in [0.2, 0.25) is 0 Å². The SMILES string of the molecule is C1=Cc2ccccc2C(=C2CCN(CCCCCCC3CCCCC3)CC2)c2ccccc21.Cl. The average Bonchev–Trinajstić information content (AvgIpc) is 3.04. The second kappa shape index (κ2) is 12.8. The zero-order valence-electron chi connectivity index (χ0n) is 20.8. The molecule has 34 heavy (non-hydrogen) atoms. The molecule has 0 atom stereocenters. The summed E-state index contributed by atoms with van der Waals surface area (Å²) in [4.78, 5) is 2.72. The summed E-state index contributed by atoms with van der Waals surface area (Å²) in [6.07, 6.45) is 21.7. The van der Waals surface area contributed by atoms with Crippen LogP contribution in [0.5, 0.6) is 0 Å². The zero-order valence-corrected chi connectivity index (χ0v) is 21.6. The summed E-state index contributed by atoms with van der Waals surface area (Å²) in [5.41, 5.74) is 8.70. The van der Waals surface area contributed by atoms with E-state index in [9.17, 15) is 0 Å². The fourth-order valence-corrected chi connectivity index (χ4v) is 6.34. The highest BCUT2D eigenvalue weighted by Gasteiger charge is 2.22. The molecule has 0 radical (unpaired) electrons. The summed E-state index contributed by atoms with van der Waals surface area (Å²) >= 11 is 0. The van der Waals surface area contributed by atoms with Crippen LogP contribution in [-0.4, -0.2) is 24.5 Å². The lowest BCUT2D eigenvalue weighted by atomic mass is 9.85. The van der Waals surface area contributed by atoms with Crippen molar-refractivity contribution in [1.29, 1.82) is 0 Å². The Morgan fingerprint density at radius 1 is 0.676 bits per heavy atom. The molecular formula is C32H42ClN. The summed E-state index contributed by atoms with van der Waals surface area (Å²) in [5, 5.41) is 0. The van der Waals surface area contributed by atoms with Gasteiger partial charge in [0, 0.05) is 13.1 Å². The molecule has 0 aromatic heterocycles. The van der Waals surface area contributed by atoms with Crippen LogP contribution in [0.25, 0.3) is 17.7 Å². The van der Waals surface area contributed by atoms with Crippen LogP contribution in [-0.2, 0) is 0 Å². The minimum Gasteiger partial charge on any atom is -0.303 e. The van der Waals surface area contributed by atoms with Gasteiger partial charge in [-0.2, -0.15) is 0 Å². The van der Waals surface area contributed by atoms with E-state index in [4.69, 9.17) is 0 Å². The van der Waals surface area contributed by atoms with Crippen LogP contribution >= 0.6 is 12.4 Å². The highest BCUT2D eigenvalue weighted by Crippen LogP contribution is 2.38. The van der Waals surface area contributed by atoms with Crippen LogP contribution in [0, 0.1) is 5.92 Å². The molecule has 0 amide bonds. The normalized spacial score (nSPS) is 18.7. The lowest BCUT2D eigenvalue weighted by molar-refractivity contribution is 0.250. The molecule has 1 aliphatic heterocycles. The Morgan fingerprint density at radius 3 is 1.91 bits per heavy atom. The van der Waals surface area contributed by atoms with Gasteiger partial charge in [0.2, 0.25) is 0 Å². The third-order valence-electron chi connectivity index (χ3n) is 8.28. The molecule has 0 spiro atoms. The number of piperidine rings is 1. The highest BCUT2D eigenvalue weighted by atomic mass is 35.5. The van der Waals surface area contributed by atoms with E-state index >= 15 is 0 Å². The van der Waals surface area contributed by atoms with Gasteiger partial charge >= 0.3 is 0 Å². The first-order valence-corrected chi connectivity index (χ1v) is 13.7. The molecule has 1 nitrogen and oxygen atoms in total. The molecular weight excluding hydrogens is 434 g/mol. The Labute approximate surface area is 213 Å². The molecule has 182 valence electrons. The van der Waals surface area contributed by atoms with Gasteiger partial charge in [0.25, 0.3) is 0 Å². The molecule has 2 fully saturated rings. The van der Waals surface area contributed by atoms with E-state index in [0.717, 1.165) is 5.92 Å². The number of likely N-dealkylation sites (tertiary alicyclic amines) is 1. The molecule has 3 aliphatic rings. The van der Waals surface area contributed by atoms with Crippen molar-refractivity contribution in [2.75, 3.05) is 19.6 Å². The van der Waals surface area contributed by atoms with Crippen molar-refractivity contribution in [2.24, 2.45) is 5.92 Å². The fraction of sp³-hybridized carbons (Fsp3) is 0.500. The predicted octanol–water partition coefficient (Wildman–Crippen LogP) is 9.02. The van der Waals surface area contributed by atoms with Crippen LogP contribution in [0.1, 0.15) is 99.3 Å². The highest BCUT2D eigenvalue weighted by molar-refractivity contribution is 5.94. The minimum absolute atomic E-state index is 0. The van der Waals surface area contributed by atoms with Crippen molar-refractivity contribution >= 4 is 30.1 Å². The topological polar surface area (TPSA) is 3.24 Å². The molecule has 2 aromatic carbocycles. The third-order valence-corrected chi connectivity index (χ3v) is 8.28. The van der Waals surface area contributed by atoms with Gasteiger partial charge in [-0.1, -0.05) is 124 Å². The second-order valence-electron chi connectivity index (χ2n) is 10.5. The van der Waals surface area contributed by atoms with E-state index in [1.807, 2.05) is 0 Å². The Balaban J connectivity index is 0.00000274. The van der Waals surface area contributed by atoms with Crippen molar-refractivity contribution in [3.8, 4) is 0 Å². The summed E-state index contributed by atoms with van der Waals surface area (Å²) in [7, 11) is 0. The van der Waals surface area contributed by atoms with E-state index in [0.29, 0.717) is 0 Å². The Morgan fingerprint density at radius 2 is 1.26 bits per heavy atom. The number of benzene rings is 2. The van der Waals surface area contributed by atoms with Gasteiger partial charge in [0.1, 0.15) is 0 Å². The molecule has 1 saturated heterocycles. The van der Waals surface area contributed by atoms with Crippen molar-refractivity contribution in [2.45, 2.75) is 77.0 Å². The maximum atomic E-state index is 2.72. The summed E-state index contributed by atoms with van der Waals surface area (Å²) in [6.45, 7) is 3.73. The van der Waals surface area contributed by atoms with E-state index in [1.54, 1.807) is 5.57 Å².